The Labute approximate surface area is 136 Å². The van der Waals surface area contributed by atoms with Crippen molar-refractivity contribution in [2.24, 2.45) is 0 Å². The van der Waals surface area contributed by atoms with Crippen LogP contribution < -0.4 is 5.32 Å². The largest absolute Gasteiger partial charge is 0.322 e. The van der Waals surface area contributed by atoms with Crippen molar-refractivity contribution in [1.82, 2.24) is 14.8 Å². The van der Waals surface area contributed by atoms with Crippen LogP contribution in [0, 0.1) is 5.82 Å². The molecule has 2 aromatic heterocycles. The van der Waals surface area contributed by atoms with Gasteiger partial charge in [-0.3, -0.25) is 4.79 Å². The summed E-state index contributed by atoms with van der Waals surface area (Å²) in [6.45, 7) is 0. The zero-order valence-electron chi connectivity index (χ0n) is 12.0. The van der Waals surface area contributed by atoms with Gasteiger partial charge < -0.3 is 5.32 Å². The highest BCUT2D eigenvalue weighted by molar-refractivity contribution is 8.00. The van der Waals surface area contributed by atoms with Crippen LogP contribution in [-0.2, 0) is 4.79 Å². The minimum atomic E-state index is -0.330. The van der Waals surface area contributed by atoms with Gasteiger partial charge in [0.2, 0.25) is 5.91 Å². The van der Waals surface area contributed by atoms with E-state index in [1.165, 1.54) is 6.07 Å². The number of carbonyl (C=O) groups is 1. The molecule has 0 unspecified atom stereocenters. The van der Waals surface area contributed by atoms with Crippen LogP contribution in [0.2, 0.25) is 0 Å². The normalized spacial score (nSPS) is 10.5. The van der Waals surface area contributed by atoms with Crippen molar-refractivity contribution in [3.8, 4) is 5.82 Å². The number of pyridine rings is 1. The average molecular weight is 328 g/mol. The van der Waals surface area contributed by atoms with Crippen LogP contribution in [0.15, 0.2) is 66.0 Å². The number of aromatic nitrogens is 3. The van der Waals surface area contributed by atoms with Gasteiger partial charge in [-0.05, 0) is 30.3 Å². The monoisotopic (exact) mass is 328 g/mol. The third kappa shape index (κ3) is 3.75. The molecule has 2 heterocycles. The number of halogens is 1. The van der Waals surface area contributed by atoms with E-state index in [0.717, 1.165) is 11.8 Å². The molecule has 116 valence electrons. The molecule has 1 amide bonds. The molecule has 23 heavy (non-hydrogen) atoms. The number of hydrogen-bond acceptors (Lipinski definition) is 4. The Morgan fingerprint density at radius 2 is 2.04 bits per heavy atom. The second-order valence-corrected chi connectivity index (χ2v) is 5.61. The van der Waals surface area contributed by atoms with Crippen molar-refractivity contribution in [1.29, 1.82) is 0 Å². The highest BCUT2D eigenvalue weighted by Crippen LogP contribution is 2.22. The van der Waals surface area contributed by atoms with Gasteiger partial charge in [0.05, 0.1) is 11.4 Å². The highest BCUT2D eigenvalue weighted by Gasteiger charge is 2.11. The minimum absolute atomic E-state index is 0.106. The Balaban J connectivity index is 1.68. The summed E-state index contributed by atoms with van der Waals surface area (Å²) in [5.41, 5.74) is 0.551. The molecule has 0 saturated heterocycles. The van der Waals surface area contributed by atoms with E-state index in [9.17, 15) is 9.18 Å². The fraction of sp³-hybridized carbons (Fsp3) is 0.0625. The molecule has 1 aromatic carbocycles. The quantitative estimate of drug-likeness (QED) is 0.731. The topological polar surface area (TPSA) is 59.8 Å². The van der Waals surface area contributed by atoms with Crippen LogP contribution in [0.3, 0.4) is 0 Å². The molecular formula is C16H13FN4OS. The SMILES string of the molecule is O=C(CSc1ccccc1F)Nc1cccnc1-n1cccn1. The van der Waals surface area contributed by atoms with E-state index in [0.29, 0.717) is 16.4 Å². The number of rotatable bonds is 5. The van der Waals surface area contributed by atoms with E-state index in [4.69, 9.17) is 0 Å². The lowest BCUT2D eigenvalue weighted by molar-refractivity contribution is -0.113. The molecule has 0 bridgehead atoms. The van der Waals surface area contributed by atoms with Gasteiger partial charge in [-0.15, -0.1) is 11.8 Å². The number of anilines is 1. The number of thioether (sulfide) groups is 1. The highest BCUT2D eigenvalue weighted by atomic mass is 32.2. The molecule has 0 aliphatic rings. The van der Waals surface area contributed by atoms with Gasteiger partial charge in [-0.25, -0.2) is 14.1 Å². The van der Waals surface area contributed by atoms with Crippen molar-refractivity contribution in [3.63, 3.8) is 0 Å². The predicted molar refractivity (Wildman–Crippen MR) is 87.1 cm³/mol. The van der Waals surface area contributed by atoms with Crippen molar-refractivity contribution >= 4 is 23.4 Å². The van der Waals surface area contributed by atoms with Crippen molar-refractivity contribution < 1.29 is 9.18 Å². The van der Waals surface area contributed by atoms with E-state index < -0.39 is 0 Å². The summed E-state index contributed by atoms with van der Waals surface area (Å²) in [7, 11) is 0. The van der Waals surface area contributed by atoms with Gasteiger partial charge in [0.15, 0.2) is 5.82 Å². The molecule has 0 saturated carbocycles. The minimum Gasteiger partial charge on any atom is -0.322 e. The summed E-state index contributed by atoms with van der Waals surface area (Å²) in [5.74, 6) is 0.0688. The summed E-state index contributed by atoms with van der Waals surface area (Å²) in [5, 5.41) is 6.89. The van der Waals surface area contributed by atoms with E-state index >= 15 is 0 Å². The summed E-state index contributed by atoms with van der Waals surface area (Å²) in [6, 6.07) is 11.6. The van der Waals surface area contributed by atoms with Crippen LogP contribution in [0.5, 0.6) is 0 Å². The Morgan fingerprint density at radius 3 is 2.83 bits per heavy atom. The maximum atomic E-state index is 13.5. The standard InChI is InChI=1S/C16H13FN4OS/c17-12-5-1-2-7-14(12)23-11-15(22)20-13-6-3-8-18-16(13)21-10-4-9-19-21/h1-10H,11H2,(H,20,22). The van der Waals surface area contributed by atoms with Crippen LogP contribution in [-0.4, -0.2) is 26.4 Å². The number of hydrogen-bond donors (Lipinski definition) is 1. The number of carbonyl (C=O) groups excluding carboxylic acids is 1. The Bertz CT molecular complexity index is 807. The Hall–Kier alpha value is -2.67. The summed E-state index contributed by atoms with van der Waals surface area (Å²) in [6.07, 6.45) is 5.00. The first-order valence-corrected chi connectivity index (χ1v) is 7.85. The van der Waals surface area contributed by atoms with Gasteiger partial charge in [0.25, 0.3) is 0 Å². The molecule has 0 atom stereocenters. The molecule has 3 rings (SSSR count). The smallest absolute Gasteiger partial charge is 0.234 e. The second-order valence-electron chi connectivity index (χ2n) is 4.59. The first kappa shape index (κ1) is 15.2. The van der Waals surface area contributed by atoms with E-state index in [2.05, 4.69) is 15.4 Å². The van der Waals surface area contributed by atoms with Gasteiger partial charge in [0.1, 0.15) is 5.82 Å². The number of amides is 1. The number of benzene rings is 1. The molecule has 5 nitrogen and oxygen atoms in total. The lowest BCUT2D eigenvalue weighted by Crippen LogP contribution is -2.16. The van der Waals surface area contributed by atoms with Crippen molar-refractivity contribution in [2.75, 3.05) is 11.1 Å². The number of nitrogens with zero attached hydrogens (tertiary/aromatic N) is 3. The van der Waals surface area contributed by atoms with Gasteiger partial charge >= 0.3 is 0 Å². The predicted octanol–water partition coefficient (Wildman–Crippen LogP) is 3.14. The van der Waals surface area contributed by atoms with Gasteiger partial charge in [-0.2, -0.15) is 5.10 Å². The summed E-state index contributed by atoms with van der Waals surface area (Å²) in [4.78, 5) is 16.8. The lowest BCUT2D eigenvalue weighted by atomic mass is 10.3. The molecule has 0 aliphatic heterocycles. The Kier molecular flexibility index (Phi) is 4.68. The molecule has 0 fully saturated rings. The van der Waals surface area contributed by atoms with Crippen LogP contribution >= 0.6 is 11.8 Å². The first-order chi connectivity index (χ1) is 11.2. The third-order valence-corrected chi connectivity index (χ3v) is 4.03. The van der Waals surface area contributed by atoms with Crippen LogP contribution in [0.4, 0.5) is 10.1 Å². The maximum absolute atomic E-state index is 13.5. The molecule has 0 spiro atoms. The van der Waals surface area contributed by atoms with Gasteiger partial charge in [-0.1, -0.05) is 12.1 Å². The van der Waals surface area contributed by atoms with Crippen LogP contribution in [0.1, 0.15) is 0 Å². The van der Waals surface area contributed by atoms with Crippen molar-refractivity contribution in [2.45, 2.75) is 4.90 Å². The van der Waals surface area contributed by atoms with Crippen LogP contribution in [0.25, 0.3) is 5.82 Å². The molecule has 3 aromatic rings. The van der Waals surface area contributed by atoms with E-state index in [1.54, 1.807) is 59.7 Å². The molecule has 0 aliphatic carbocycles. The zero-order valence-corrected chi connectivity index (χ0v) is 12.8. The first-order valence-electron chi connectivity index (χ1n) is 6.86. The average Bonchev–Trinajstić information content (AvgIpc) is 3.09. The van der Waals surface area contributed by atoms with E-state index in [1.807, 2.05) is 0 Å². The fourth-order valence-electron chi connectivity index (χ4n) is 1.96. The molecular weight excluding hydrogens is 315 g/mol. The molecule has 1 N–H and O–H groups in total. The fourth-order valence-corrected chi connectivity index (χ4v) is 2.70. The lowest BCUT2D eigenvalue weighted by Gasteiger charge is -2.10. The summed E-state index contributed by atoms with van der Waals surface area (Å²) >= 11 is 1.15. The third-order valence-electron chi connectivity index (χ3n) is 2.98. The Morgan fingerprint density at radius 1 is 1.17 bits per heavy atom. The maximum Gasteiger partial charge on any atom is 0.234 e. The molecule has 0 radical (unpaired) electrons. The second kappa shape index (κ2) is 7.06. The molecule has 7 heteroatoms. The van der Waals surface area contributed by atoms with E-state index in [-0.39, 0.29) is 17.5 Å². The summed E-state index contributed by atoms with van der Waals surface area (Å²) < 4.78 is 15.1. The number of nitrogens with one attached hydrogen (secondary N) is 1. The zero-order chi connectivity index (χ0) is 16.1. The van der Waals surface area contributed by atoms with Crippen molar-refractivity contribution in [3.05, 3.63) is 66.9 Å². The van der Waals surface area contributed by atoms with Gasteiger partial charge in [0, 0.05) is 23.5 Å².